The minimum absolute atomic E-state index is 0.151. The van der Waals surface area contributed by atoms with Crippen LogP contribution in [0.2, 0.25) is 0 Å². The van der Waals surface area contributed by atoms with Gasteiger partial charge in [-0.1, -0.05) is 12.1 Å². The lowest BCUT2D eigenvalue weighted by molar-refractivity contribution is 0.397. The molecule has 0 fully saturated rings. The molecule has 0 aliphatic heterocycles. The van der Waals surface area contributed by atoms with Gasteiger partial charge in [0.25, 0.3) is 0 Å². The standard InChI is InChI=1S/C19H13FN2O2/c1-24-19-17(11-21)16(12-2-6-14(20)7-3-12)10-18(22-19)13-4-8-15(23)9-5-13/h2-10,23H,1H3. The number of methoxy groups -OCH3 is 1. The summed E-state index contributed by atoms with van der Waals surface area (Å²) in [6.07, 6.45) is 0. The highest BCUT2D eigenvalue weighted by Gasteiger charge is 2.16. The first-order chi connectivity index (χ1) is 11.6. The molecule has 118 valence electrons. The van der Waals surface area contributed by atoms with Crippen molar-refractivity contribution < 1.29 is 14.2 Å². The van der Waals surface area contributed by atoms with E-state index in [-0.39, 0.29) is 23.0 Å². The Balaban J connectivity index is 2.23. The highest BCUT2D eigenvalue weighted by molar-refractivity contribution is 5.77. The van der Waals surface area contributed by atoms with E-state index in [4.69, 9.17) is 4.74 Å². The maximum Gasteiger partial charge on any atom is 0.232 e. The molecule has 0 spiro atoms. The molecule has 1 aromatic heterocycles. The molecule has 3 aromatic rings. The van der Waals surface area contributed by atoms with Crippen molar-refractivity contribution in [3.63, 3.8) is 0 Å². The Hall–Kier alpha value is -3.39. The van der Waals surface area contributed by atoms with Crippen molar-refractivity contribution in [3.05, 3.63) is 66.0 Å². The van der Waals surface area contributed by atoms with Gasteiger partial charge in [-0.05, 0) is 48.0 Å². The summed E-state index contributed by atoms with van der Waals surface area (Å²) >= 11 is 0. The van der Waals surface area contributed by atoms with Crippen LogP contribution in [0.1, 0.15) is 5.56 Å². The molecule has 0 aliphatic rings. The number of rotatable bonds is 3. The fourth-order valence-electron chi connectivity index (χ4n) is 2.41. The molecule has 0 bridgehead atoms. The Bertz CT molecular complexity index is 914. The summed E-state index contributed by atoms with van der Waals surface area (Å²) < 4.78 is 18.4. The van der Waals surface area contributed by atoms with Gasteiger partial charge in [0, 0.05) is 11.1 Å². The van der Waals surface area contributed by atoms with Crippen LogP contribution in [-0.2, 0) is 0 Å². The lowest BCUT2D eigenvalue weighted by Gasteiger charge is -2.11. The average molecular weight is 320 g/mol. The third-order valence-electron chi connectivity index (χ3n) is 3.61. The van der Waals surface area contributed by atoms with E-state index in [0.29, 0.717) is 16.8 Å². The molecule has 1 heterocycles. The molecule has 0 saturated carbocycles. The Morgan fingerprint density at radius 3 is 2.25 bits per heavy atom. The van der Waals surface area contributed by atoms with Crippen LogP contribution in [0.15, 0.2) is 54.6 Å². The van der Waals surface area contributed by atoms with Crippen molar-refractivity contribution in [2.45, 2.75) is 0 Å². The maximum atomic E-state index is 13.2. The third-order valence-corrected chi connectivity index (χ3v) is 3.61. The molecule has 2 aromatic carbocycles. The van der Waals surface area contributed by atoms with Crippen molar-refractivity contribution in [2.24, 2.45) is 0 Å². The molecule has 0 radical (unpaired) electrons. The Morgan fingerprint density at radius 1 is 1.04 bits per heavy atom. The molecule has 3 rings (SSSR count). The Morgan fingerprint density at radius 2 is 1.67 bits per heavy atom. The number of hydrogen-bond acceptors (Lipinski definition) is 4. The van der Waals surface area contributed by atoms with Crippen molar-refractivity contribution in [1.29, 1.82) is 5.26 Å². The first-order valence-corrected chi connectivity index (χ1v) is 7.17. The summed E-state index contributed by atoms with van der Waals surface area (Å²) in [5.41, 5.74) is 2.93. The van der Waals surface area contributed by atoms with E-state index in [1.165, 1.54) is 19.2 Å². The molecule has 24 heavy (non-hydrogen) atoms. The SMILES string of the molecule is COc1nc(-c2ccc(O)cc2)cc(-c2ccc(F)cc2)c1C#N. The molecule has 4 nitrogen and oxygen atoms in total. The van der Waals surface area contributed by atoms with Crippen molar-refractivity contribution >= 4 is 0 Å². The molecule has 0 aliphatic carbocycles. The quantitative estimate of drug-likeness (QED) is 0.787. The predicted molar refractivity (Wildman–Crippen MR) is 88.0 cm³/mol. The van der Waals surface area contributed by atoms with Crippen LogP contribution in [0.3, 0.4) is 0 Å². The van der Waals surface area contributed by atoms with Gasteiger partial charge in [-0.3, -0.25) is 0 Å². The predicted octanol–water partition coefficient (Wildman–Crippen LogP) is 4.14. The van der Waals surface area contributed by atoms with E-state index in [9.17, 15) is 14.8 Å². The van der Waals surface area contributed by atoms with Crippen molar-refractivity contribution in [3.8, 4) is 40.1 Å². The number of hydrogen-bond donors (Lipinski definition) is 1. The Labute approximate surface area is 138 Å². The molecular formula is C19H13FN2O2. The zero-order valence-electron chi connectivity index (χ0n) is 12.8. The van der Waals surface area contributed by atoms with Gasteiger partial charge in [0.1, 0.15) is 23.2 Å². The second-order valence-electron chi connectivity index (χ2n) is 5.10. The third kappa shape index (κ3) is 2.90. The molecule has 0 saturated heterocycles. The monoisotopic (exact) mass is 320 g/mol. The van der Waals surface area contributed by atoms with Gasteiger partial charge in [-0.25, -0.2) is 9.37 Å². The van der Waals surface area contributed by atoms with Crippen LogP contribution in [0.5, 0.6) is 11.6 Å². The summed E-state index contributed by atoms with van der Waals surface area (Å²) in [5.74, 6) is -0.00226. The van der Waals surface area contributed by atoms with Crippen LogP contribution in [0, 0.1) is 17.1 Å². The van der Waals surface area contributed by atoms with Gasteiger partial charge >= 0.3 is 0 Å². The fraction of sp³-hybridized carbons (Fsp3) is 0.0526. The number of aromatic nitrogens is 1. The number of halogens is 1. The zero-order chi connectivity index (χ0) is 17.1. The summed E-state index contributed by atoms with van der Waals surface area (Å²) in [7, 11) is 1.44. The topological polar surface area (TPSA) is 66.1 Å². The van der Waals surface area contributed by atoms with E-state index < -0.39 is 0 Å². The highest BCUT2D eigenvalue weighted by atomic mass is 19.1. The molecule has 1 N–H and O–H groups in total. The second-order valence-corrected chi connectivity index (χ2v) is 5.10. The smallest absolute Gasteiger partial charge is 0.232 e. The van der Waals surface area contributed by atoms with E-state index in [0.717, 1.165) is 5.56 Å². The molecule has 0 amide bonds. The number of phenols is 1. The van der Waals surface area contributed by atoms with E-state index in [2.05, 4.69) is 11.1 Å². The van der Waals surface area contributed by atoms with Crippen LogP contribution in [0.25, 0.3) is 22.4 Å². The average Bonchev–Trinajstić information content (AvgIpc) is 2.62. The van der Waals surface area contributed by atoms with Gasteiger partial charge in [-0.15, -0.1) is 0 Å². The van der Waals surface area contributed by atoms with Gasteiger partial charge in [-0.2, -0.15) is 5.26 Å². The summed E-state index contributed by atoms with van der Waals surface area (Å²) in [5, 5.41) is 18.9. The van der Waals surface area contributed by atoms with Gasteiger partial charge < -0.3 is 9.84 Å². The number of nitriles is 1. The number of pyridine rings is 1. The lowest BCUT2D eigenvalue weighted by Crippen LogP contribution is -1.97. The van der Waals surface area contributed by atoms with E-state index in [1.54, 1.807) is 42.5 Å². The normalized spacial score (nSPS) is 10.2. The van der Waals surface area contributed by atoms with Gasteiger partial charge in [0.15, 0.2) is 0 Å². The van der Waals surface area contributed by atoms with Crippen LogP contribution < -0.4 is 4.74 Å². The summed E-state index contributed by atoms with van der Waals surface area (Å²) in [4.78, 5) is 4.37. The number of phenolic OH excluding ortho intramolecular Hbond substituents is 1. The molecule has 0 unspecified atom stereocenters. The molecular weight excluding hydrogens is 307 g/mol. The van der Waals surface area contributed by atoms with Crippen LogP contribution in [-0.4, -0.2) is 17.2 Å². The largest absolute Gasteiger partial charge is 0.508 e. The number of aromatic hydroxyl groups is 1. The maximum absolute atomic E-state index is 13.2. The number of ether oxygens (including phenoxy) is 1. The summed E-state index contributed by atoms with van der Waals surface area (Å²) in [6, 6.07) is 16.3. The minimum atomic E-state index is -0.350. The van der Waals surface area contributed by atoms with Crippen molar-refractivity contribution in [2.75, 3.05) is 7.11 Å². The molecule has 5 heteroatoms. The second kappa shape index (κ2) is 6.39. The van der Waals surface area contributed by atoms with Crippen LogP contribution >= 0.6 is 0 Å². The van der Waals surface area contributed by atoms with Gasteiger partial charge in [0.2, 0.25) is 5.88 Å². The number of benzene rings is 2. The Kier molecular flexibility index (Phi) is 4.13. The fourth-order valence-corrected chi connectivity index (χ4v) is 2.41. The first-order valence-electron chi connectivity index (χ1n) is 7.17. The lowest BCUT2D eigenvalue weighted by atomic mass is 9.99. The first kappa shape index (κ1) is 15.5. The van der Waals surface area contributed by atoms with Gasteiger partial charge in [0.05, 0.1) is 12.8 Å². The van der Waals surface area contributed by atoms with Crippen molar-refractivity contribution in [1.82, 2.24) is 4.98 Å². The zero-order valence-corrected chi connectivity index (χ0v) is 12.8. The van der Waals surface area contributed by atoms with E-state index >= 15 is 0 Å². The highest BCUT2D eigenvalue weighted by Crippen LogP contribution is 2.33. The van der Waals surface area contributed by atoms with Crippen LogP contribution in [0.4, 0.5) is 4.39 Å². The minimum Gasteiger partial charge on any atom is -0.508 e. The number of nitrogens with zero attached hydrogens (tertiary/aromatic N) is 2. The van der Waals surface area contributed by atoms with E-state index in [1.807, 2.05) is 0 Å². The molecule has 0 atom stereocenters. The summed E-state index contributed by atoms with van der Waals surface area (Å²) in [6.45, 7) is 0.